The number of aliphatic carboxylic acids is 1. The van der Waals surface area contributed by atoms with Crippen molar-refractivity contribution in [1.29, 1.82) is 0 Å². The summed E-state index contributed by atoms with van der Waals surface area (Å²) in [7, 11) is 0. The third-order valence-corrected chi connectivity index (χ3v) is 3.30. The number of carboxylic acids is 1. The van der Waals surface area contributed by atoms with Crippen molar-refractivity contribution in [2.45, 2.75) is 26.3 Å². The average Bonchev–Trinajstić information content (AvgIpc) is 2.55. The minimum Gasteiger partial charge on any atom is -0.480 e. The number of hydrogen-bond donors (Lipinski definition) is 2. The fraction of sp³-hybridized carbons (Fsp3) is 0.278. The molecule has 1 heterocycles. The summed E-state index contributed by atoms with van der Waals surface area (Å²) in [5.74, 6) is -0.125. The molecular weight excluding hydrogens is 308 g/mol. The van der Waals surface area contributed by atoms with Crippen LogP contribution in [0.3, 0.4) is 0 Å². The third kappa shape index (κ3) is 5.08. The lowest BCUT2D eigenvalue weighted by atomic mass is 10.0. The van der Waals surface area contributed by atoms with E-state index in [-0.39, 0.29) is 5.92 Å². The van der Waals surface area contributed by atoms with Crippen LogP contribution in [0.25, 0.3) is 0 Å². The highest BCUT2D eigenvalue weighted by Gasteiger charge is 2.21. The monoisotopic (exact) mass is 328 g/mol. The van der Waals surface area contributed by atoms with Gasteiger partial charge in [-0.3, -0.25) is 9.78 Å². The summed E-state index contributed by atoms with van der Waals surface area (Å²) in [5.41, 5.74) is 0.378. The highest BCUT2D eigenvalue weighted by atomic mass is 16.5. The van der Waals surface area contributed by atoms with Crippen LogP contribution in [0.15, 0.2) is 48.8 Å². The van der Waals surface area contributed by atoms with Crippen molar-refractivity contribution < 1.29 is 19.4 Å². The van der Waals surface area contributed by atoms with Crippen molar-refractivity contribution in [3.63, 3.8) is 0 Å². The summed E-state index contributed by atoms with van der Waals surface area (Å²) >= 11 is 0. The van der Waals surface area contributed by atoms with E-state index in [1.807, 2.05) is 13.8 Å². The Morgan fingerprint density at radius 1 is 1.17 bits per heavy atom. The van der Waals surface area contributed by atoms with Crippen molar-refractivity contribution >= 4 is 11.9 Å². The van der Waals surface area contributed by atoms with E-state index in [0.717, 1.165) is 0 Å². The molecule has 2 N–H and O–H groups in total. The molecule has 2 aromatic rings. The van der Waals surface area contributed by atoms with Crippen molar-refractivity contribution in [2.24, 2.45) is 5.92 Å². The van der Waals surface area contributed by atoms with E-state index in [1.165, 1.54) is 0 Å². The van der Waals surface area contributed by atoms with Gasteiger partial charge in [0, 0.05) is 11.8 Å². The van der Waals surface area contributed by atoms with E-state index in [0.29, 0.717) is 23.5 Å². The quantitative estimate of drug-likeness (QED) is 0.815. The summed E-state index contributed by atoms with van der Waals surface area (Å²) in [6.45, 7) is 3.82. The number of nitrogens with one attached hydrogen (secondary N) is 1. The molecule has 0 spiro atoms. The van der Waals surface area contributed by atoms with Gasteiger partial charge in [-0.25, -0.2) is 4.79 Å². The molecular formula is C18H20N2O4. The number of aromatic nitrogens is 1. The van der Waals surface area contributed by atoms with E-state index >= 15 is 0 Å². The van der Waals surface area contributed by atoms with Crippen LogP contribution in [0.1, 0.15) is 30.6 Å². The molecule has 0 aliphatic heterocycles. The number of benzene rings is 1. The molecule has 1 amide bonds. The smallest absolute Gasteiger partial charge is 0.326 e. The van der Waals surface area contributed by atoms with Gasteiger partial charge >= 0.3 is 5.97 Å². The molecule has 1 aromatic heterocycles. The zero-order valence-electron chi connectivity index (χ0n) is 13.6. The van der Waals surface area contributed by atoms with Crippen molar-refractivity contribution in [1.82, 2.24) is 10.3 Å². The summed E-state index contributed by atoms with van der Waals surface area (Å²) in [6, 6.07) is 9.13. The Morgan fingerprint density at radius 2 is 1.88 bits per heavy atom. The molecule has 0 aliphatic carbocycles. The molecule has 2 rings (SSSR count). The van der Waals surface area contributed by atoms with Crippen LogP contribution < -0.4 is 10.1 Å². The minimum atomic E-state index is -1.03. The fourth-order valence-electron chi connectivity index (χ4n) is 2.15. The Labute approximate surface area is 140 Å². The molecule has 0 fully saturated rings. The summed E-state index contributed by atoms with van der Waals surface area (Å²) in [5, 5.41) is 11.7. The van der Waals surface area contributed by atoms with Gasteiger partial charge < -0.3 is 15.2 Å². The van der Waals surface area contributed by atoms with Crippen LogP contribution in [-0.4, -0.2) is 28.0 Å². The van der Waals surface area contributed by atoms with Gasteiger partial charge in [-0.15, -0.1) is 0 Å². The van der Waals surface area contributed by atoms with Gasteiger partial charge in [0.1, 0.15) is 17.5 Å². The first-order valence-corrected chi connectivity index (χ1v) is 7.67. The number of carbonyl (C=O) groups excluding carboxylic acids is 1. The van der Waals surface area contributed by atoms with E-state index in [4.69, 9.17) is 4.74 Å². The van der Waals surface area contributed by atoms with E-state index in [9.17, 15) is 14.7 Å². The van der Waals surface area contributed by atoms with Gasteiger partial charge in [-0.05, 0) is 48.7 Å². The number of carboxylic acid groups (broad SMARTS) is 1. The SMILES string of the molecule is CC(C)C[C@@H](NC(=O)c1ccc(Oc2cccnc2)cc1)C(=O)O. The van der Waals surface area contributed by atoms with Crippen molar-refractivity contribution in [2.75, 3.05) is 0 Å². The first-order valence-electron chi connectivity index (χ1n) is 7.67. The number of hydrogen-bond acceptors (Lipinski definition) is 4. The largest absolute Gasteiger partial charge is 0.480 e. The van der Waals surface area contributed by atoms with E-state index in [1.54, 1.807) is 48.8 Å². The molecule has 0 bridgehead atoms. The van der Waals surface area contributed by atoms with Crippen LogP contribution in [0.5, 0.6) is 11.5 Å². The first kappa shape index (κ1) is 17.5. The topological polar surface area (TPSA) is 88.5 Å². The first-order chi connectivity index (χ1) is 11.5. The summed E-state index contributed by atoms with van der Waals surface area (Å²) in [4.78, 5) is 27.4. The van der Waals surface area contributed by atoms with Crippen molar-refractivity contribution in [3.05, 3.63) is 54.4 Å². The maximum atomic E-state index is 12.2. The molecule has 0 saturated carbocycles. The lowest BCUT2D eigenvalue weighted by Crippen LogP contribution is -2.41. The molecule has 0 saturated heterocycles. The average molecular weight is 328 g/mol. The van der Waals surface area contributed by atoms with Gasteiger partial charge in [-0.2, -0.15) is 0 Å². The second-order valence-electron chi connectivity index (χ2n) is 5.81. The molecule has 0 aliphatic rings. The van der Waals surface area contributed by atoms with Gasteiger partial charge in [0.25, 0.3) is 5.91 Å². The molecule has 24 heavy (non-hydrogen) atoms. The Morgan fingerprint density at radius 3 is 2.42 bits per heavy atom. The Hall–Kier alpha value is -2.89. The summed E-state index contributed by atoms with van der Waals surface area (Å²) in [6.07, 6.45) is 3.61. The maximum Gasteiger partial charge on any atom is 0.326 e. The normalized spacial score (nSPS) is 11.8. The zero-order valence-corrected chi connectivity index (χ0v) is 13.6. The van der Waals surface area contributed by atoms with Crippen LogP contribution in [0, 0.1) is 5.92 Å². The lowest BCUT2D eigenvalue weighted by molar-refractivity contribution is -0.139. The van der Waals surface area contributed by atoms with Gasteiger partial charge in [-0.1, -0.05) is 13.8 Å². The molecule has 1 atom stereocenters. The van der Waals surface area contributed by atoms with Gasteiger partial charge in [0.15, 0.2) is 0 Å². The Bertz CT molecular complexity index is 684. The number of nitrogens with zero attached hydrogens (tertiary/aromatic N) is 1. The Balaban J connectivity index is 2.01. The molecule has 0 radical (unpaired) electrons. The zero-order chi connectivity index (χ0) is 17.5. The highest BCUT2D eigenvalue weighted by molar-refractivity contribution is 5.96. The molecule has 6 heteroatoms. The third-order valence-electron chi connectivity index (χ3n) is 3.30. The lowest BCUT2D eigenvalue weighted by Gasteiger charge is -2.16. The number of ether oxygens (including phenoxy) is 1. The van der Waals surface area contributed by atoms with Crippen LogP contribution >= 0.6 is 0 Å². The predicted octanol–water partition coefficient (Wildman–Crippen LogP) is 3.10. The number of rotatable bonds is 7. The molecule has 0 unspecified atom stereocenters. The predicted molar refractivity (Wildman–Crippen MR) is 89.1 cm³/mol. The van der Waals surface area contributed by atoms with Gasteiger partial charge in [0.05, 0.1) is 6.20 Å². The fourth-order valence-corrected chi connectivity index (χ4v) is 2.15. The second-order valence-corrected chi connectivity index (χ2v) is 5.81. The van der Waals surface area contributed by atoms with Crippen LogP contribution in [0.2, 0.25) is 0 Å². The van der Waals surface area contributed by atoms with Gasteiger partial charge in [0.2, 0.25) is 0 Å². The Kier molecular flexibility index (Phi) is 5.89. The van der Waals surface area contributed by atoms with Crippen LogP contribution in [0.4, 0.5) is 0 Å². The minimum absolute atomic E-state index is 0.168. The molecule has 126 valence electrons. The second kappa shape index (κ2) is 8.10. The van der Waals surface area contributed by atoms with Crippen molar-refractivity contribution in [3.8, 4) is 11.5 Å². The standard InChI is InChI=1S/C18H20N2O4/c1-12(2)10-16(18(22)23)20-17(21)13-5-7-14(8-6-13)24-15-4-3-9-19-11-15/h3-9,11-12,16H,10H2,1-2H3,(H,20,21)(H,22,23)/t16-/m1/s1. The maximum absolute atomic E-state index is 12.2. The van der Waals surface area contributed by atoms with E-state index in [2.05, 4.69) is 10.3 Å². The van der Waals surface area contributed by atoms with E-state index < -0.39 is 17.9 Å². The highest BCUT2D eigenvalue weighted by Crippen LogP contribution is 2.20. The molecule has 6 nitrogen and oxygen atoms in total. The number of amides is 1. The number of pyridine rings is 1. The number of carbonyl (C=O) groups is 2. The summed E-state index contributed by atoms with van der Waals surface area (Å²) < 4.78 is 5.60. The van der Waals surface area contributed by atoms with Crippen LogP contribution in [-0.2, 0) is 4.79 Å². The molecule has 1 aromatic carbocycles.